The Morgan fingerprint density at radius 2 is 2.33 bits per heavy atom. The lowest BCUT2D eigenvalue weighted by atomic mass is 10.2. The molecular formula is C10H12Br2N2O. The molecule has 1 N–H and O–H groups in total. The minimum atomic E-state index is 0.0342. The Morgan fingerprint density at radius 3 is 3.00 bits per heavy atom. The molecule has 0 aromatic carbocycles. The third kappa shape index (κ3) is 2.71. The molecule has 1 aromatic heterocycles. The van der Waals surface area contributed by atoms with E-state index in [-0.39, 0.29) is 5.56 Å². The first kappa shape index (κ1) is 11.4. The van der Waals surface area contributed by atoms with Crippen LogP contribution in [0.4, 0.5) is 0 Å². The number of aromatic nitrogens is 1. The molecule has 0 aliphatic carbocycles. The summed E-state index contributed by atoms with van der Waals surface area (Å²) >= 11 is 6.65. The van der Waals surface area contributed by atoms with Crippen LogP contribution in [0.15, 0.2) is 26.0 Å². The summed E-state index contributed by atoms with van der Waals surface area (Å²) < 4.78 is 3.28. The predicted molar refractivity (Wildman–Crippen MR) is 67.1 cm³/mol. The van der Waals surface area contributed by atoms with Crippen LogP contribution in [0, 0.1) is 0 Å². The summed E-state index contributed by atoms with van der Waals surface area (Å²) in [6.45, 7) is 1.81. The summed E-state index contributed by atoms with van der Waals surface area (Å²) in [4.78, 5) is 11.8. The van der Waals surface area contributed by atoms with Crippen molar-refractivity contribution in [2.24, 2.45) is 0 Å². The molecule has 0 bridgehead atoms. The van der Waals surface area contributed by atoms with Crippen LogP contribution in [-0.4, -0.2) is 17.2 Å². The molecule has 1 saturated heterocycles. The minimum absolute atomic E-state index is 0.0342. The quantitative estimate of drug-likeness (QED) is 0.898. The van der Waals surface area contributed by atoms with Crippen molar-refractivity contribution in [2.75, 3.05) is 6.54 Å². The predicted octanol–water partition coefficient (Wildman–Crippen LogP) is 2.13. The molecule has 1 fully saturated rings. The van der Waals surface area contributed by atoms with E-state index in [1.807, 2.05) is 6.20 Å². The van der Waals surface area contributed by atoms with Crippen LogP contribution in [-0.2, 0) is 6.54 Å². The van der Waals surface area contributed by atoms with Gasteiger partial charge in [0.2, 0.25) is 0 Å². The molecule has 2 heterocycles. The lowest BCUT2D eigenvalue weighted by molar-refractivity contribution is 0.498. The summed E-state index contributed by atoms with van der Waals surface area (Å²) in [5, 5.41) is 3.38. The van der Waals surface area contributed by atoms with E-state index in [0.717, 1.165) is 24.0 Å². The van der Waals surface area contributed by atoms with Gasteiger partial charge in [-0.15, -0.1) is 0 Å². The average molecular weight is 336 g/mol. The molecule has 3 nitrogen and oxygen atoms in total. The molecule has 0 radical (unpaired) electrons. The summed E-state index contributed by atoms with van der Waals surface area (Å²) in [7, 11) is 0. The number of hydrogen-bond acceptors (Lipinski definition) is 2. The molecule has 2 rings (SSSR count). The van der Waals surface area contributed by atoms with Crippen molar-refractivity contribution < 1.29 is 0 Å². The second-order valence-electron chi connectivity index (χ2n) is 3.76. The molecule has 1 aliphatic rings. The summed E-state index contributed by atoms with van der Waals surface area (Å²) in [6, 6.07) is 2.21. The zero-order valence-corrected chi connectivity index (χ0v) is 11.3. The molecule has 1 aliphatic heterocycles. The van der Waals surface area contributed by atoms with Crippen molar-refractivity contribution >= 4 is 31.9 Å². The van der Waals surface area contributed by atoms with E-state index in [9.17, 15) is 4.79 Å². The zero-order chi connectivity index (χ0) is 10.8. The van der Waals surface area contributed by atoms with E-state index < -0.39 is 0 Å². The van der Waals surface area contributed by atoms with Crippen LogP contribution in [0.3, 0.4) is 0 Å². The van der Waals surface area contributed by atoms with Crippen molar-refractivity contribution in [3.63, 3.8) is 0 Å². The smallest absolute Gasteiger partial charge is 0.264 e. The molecule has 1 unspecified atom stereocenters. The number of nitrogens with one attached hydrogen (secondary N) is 1. The van der Waals surface area contributed by atoms with Gasteiger partial charge in [0.15, 0.2) is 0 Å². The molecule has 0 saturated carbocycles. The van der Waals surface area contributed by atoms with E-state index in [0.29, 0.717) is 10.5 Å². The third-order valence-corrected chi connectivity index (χ3v) is 3.59. The maximum Gasteiger partial charge on any atom is 0.264 e. The molecule has 1 aromatic rings. The summed E-state index contributed by atoms with van der Waals surface area (Å²) in [5.74, 6) is 0. The Bertz CT molecular complexity index is 410. The molecule has 5 heteroatoms. The van der Waals surface area contributed by atoms with E-state index in [4.69, 9.17) is 0 Å². The first-order valence-corrected chi connectivity index (χ1v) is 6.54. The fourth-order valence-electron chi connectivity index (χ4n) is 1.85. The van der Waals surface area contributed by atoms with Gasteiger partial charge in [0.05, 0.1) is 4.47 Å². The third-order valence-electron chi connectivity index (χ3n) is 2.59. The number of hydrogen-bond donors (Lipinski definition) is 1. The first-order valence-electron chi connectivity index (χ1n) is 4.95. The molecule has 0 amide bonds. The van der Waals surface area contributed by atoms with Crippen LogP contribution >= 0.6 is 31.9 Å². The van der Waals surface area contributed by atoms with Gasteiger partial charge in [-0.05, 0) is 57.3 Å². The van der Waals surface area contributed by atoms with Gasteiger partial charge < -0.3 is 9.88 Å². The van der Waals surface area contributed by atoms with Crippen molar-refractivity contribution in [2.45, 2.75) is 25.4 Å². The Balaban J connectivity index is 2.23. The Labute approximate surface area is 105 Å². The van der Waals surface area contributed by atoms with E-state index in [1.54, 1.807) is 10.6 Å². The molecular weight excluding hydrogens is 324 g/mol. The zero-order valence-electron chi connectivity index (χ0n) is 8.17. The van der Waals surface area contributed by atoms with Crippen LogP contribution < -0.4 is 10.9 Å². The fraction of sp³-hybridized carbons (Fsp3) is 0.500. The highest BCUT2D eigenvalue weighted by Gasteiger charge is 2.15. The van der Waals surface area contributed by atoms with E-state index >= 15 is 0 Å². The number of rotatable bonds is 2. The van der Waals surface area contributed by atoms with E-state index in [1.165, 1.54) is 6.42 Å². The van der Waals surface area contributed by atoms with Gasteiger partial charge in [0, 0.05) is 23.3 Å². The monoisotopic (exact) mass is 334 g/mol. The fourth-order valence-corrected chi connectivity index (χ4v) is 3.11. The van der Waals surface area contributed by atoms with Gasteiger partial charge in [0.1, 0.15) is 0 Å². The molecule has 15 heavy (non-hydrogen) atoms. The Kier molecular flexibility index (Phi) is 3.64. The van der Waals surface area contributed by atoms with Crippen molar-refractivity contribution in [1.29, 1.82) is 0 Å². The summed E-state index contributed by atoms with van der Waals surface area (Å²) in [6.07, 6.45) is 4.19. The standard InChI is InChI=1S/C10H12Br2N2O/c11-7-4-9(12)10(15)14(5-7)6-8-2-1-3-13-8/h4-5,8,13H,1-3,6H2. The average Bonchev–Trinajstić information content (AvgIpc) is 2.66. The molecule has 0 spiro atoms. The van der Waals surface area contributed by atoms with Gasteiger partial charge in [-0.3, -0.25) is 4.79 Å². The topological polar surface area (TPSA) is 34.0 Å². The number of halogens is 2. The van der Waals surface area contributed by atoms with Crippen LogP contribution in [0.1, 0.15) is 12.8 Å². The van der Waals surface area contributed by atoms with Gasteiger partial charge in [-0.1, -0.05) is 0 Å². The van der Waals surface area contributed by atoms with Crippen molar-refractivity contribution in [3.05, 3.63) is 31.6 Å². The lowest BCUT2D eigenvalue weighted by Gasteiger charge is -2.13. The highest BCUT2D eigenvalue weighted by atomic mass is 79.9. The molecule has 82 valence electrons. The van der Waals surface area contributed by atoms with Crippen LogP contribution in [0.2, 0.25) is 0 Å². The Hall–Kier alpha value is -0.130. The second kappa shape index (κ2) is 4.80. The van der Waals surface area contributed by atoms with Gasteiger partial charge >= 0.3 is 0 Å². The van der Waals surface area contributed by atoms with Crippen molar-refractivity contribution in [3.8, 4) is 0 Å². The minimum Gasteiger partial charge on any atom is -0.312 e. The second-order valence-corrected chi connectivity index (χ2v) is 5.53. The van der Waals surface area contributed by atoms with Gasteiger partial charge in [-0.2, -0.15) is 0 Å². The van der Waals surface area contributed by atoms with Crippen molar-refractivity contribution in [1.82, 2.24) is 9.88 Å². The normalized spacial score (nSPS) is 20.8. The Morgan fingerprint density at radius 1 is 1.53 bits per heavy atom. The highest BCUT2D eigenvalue weighted by molar-refractivity contribution is 9.11. The van der Waals surface area contributed by atoms with Crippen LogP contribution in [0.5, 0.6) is 0 Å². The maximum atomic E-state index is 11.8. The van der Waals surface area contributed by atoms with Crippen LogP contribution in [0.25, 0.3) is 0 Å². The lowest BCUT2D eigenvalue weighted by Crippen LogP contribution is -2.32. The highest BCUT2D eigenvalue weighted by Crippen LogP contribution is 2.14. The number of nitrogens with zero attached hydrogens (tertiary/aromatic N) is 1. The van der Waals surface area contributed by atoms with Gasteiger partial charge in [-0.25, -0.2) is 0 Å². The van der Waals surface area contributed by atoms with Gasteiger partial charge in [0.25, 0.3) is 5.56 Å². The summed E-state index contributed by atoms with van der Waals surface area (Å²) in [5.41, 5.74) is 0.0342. The molecule has 1 atom stereocenters. The van der Waals surface area contributed by atoms with E-state index in [2.05, 4.69) is 37.2 Å². The largest absolute Gasteiger partial charge is 0.312 e. The maximum absolute atomic E-state index is 11.8. The number of pyridine rings is 1. The first-order chi connectivity index (χ1) is 7.16. The SMILES string of the molecule is O=c1c(Br)cc(Br)cn1CC1CCCN1.